The summed E-state index contributed by atoms with van der Waals surface area (Å²) in [7, 11) is 0. The Morgan fingerprint density at radius 1 is 0.333 bits per heavy atom. The fourth-order valence-electron chi connectivity index (χ4n) is 7.69. The first-order valence-electron chi connectivity index (χ1n) is 25.4. The van der Waals surface area contributed by atoms with Gasteiger partial charge < -0.3 is 14.2 Å². The molecule has 6 heteroatoms. The second-order valence-corrected chi connectivity index (χ2v) is 17.9. The van der Waals surface area contributed by atoms with Crippen LogP contribution in [0.5, 0.6) is 0 Å². The molecule has 0 saturated carbocycles. The summed E-state index contributed by atoms with van der Waals surface area (Å²) in [5.74, 6) is -0.0377. The van der Waals surface area contributed by atoms with Crippen molar-refractivity contribution in [3.05, 3.63) is 0 Å². The van der Waals surface area contributed by atoms with Crippen molar-refractivity contribution >= 4 is 17.9 Å². The minimum atomic E-state index is -0.760. The summed E-state index contributed by atoms with van der Waals surface area (Å²) in [4.78, 5) is 37.9. The molecular weight excluding hydrogens is 709 g/mol. The zero-order valence-corrected chi connectivity index (χ0v) is 38.8. The summed E-state index contributed by atoms with van der Waals surface area (Å²) in [5.41, 5.74) is 0. The first kappa shape index (κ1) is 55.4. The fourth-order valence-corrected chi connectivity index (χ4v) is 7.69. The van der Waals surface area contributed by atoms with Gasteiger partial charge in [-0.1, -0.05) is 246 Å². The standard InChI is InChI=1S/C51H98O6/c1-5-7-9-11-13-15-17-19-21-22-26-30-34-38-42-49(52)55-45-48(46-56-50(53)43-39-35-31-28-24-25-29-33-37-41-47(3)4)57-51(54)44-40-36-32-27-23-20-18-16-14-12-10-8-6-2/h47-48H,5-46H2,1-4H3/t48-/m1/s1. The first-order chi connectivity index (χ1) is 27.9. The maximum Gasteiger partial charge on any atom is 0.306 e. The molecule has 0 spiro atoms. The second kappa shape index (κ2) is 45.5. The highest BCUT2D eigenvalue weighted by atomic mass is 16.6. The third kappa shape index (κ3) is 45.3. The molecule has 338 valence electrons. The molecule has 0 aromatic carbocycles. The van der Waals surface area contributed by atoms with Crippen LogP contribution in [0.1, 0.15) is 285 Å². The molecule has 0 radical (unpaired) electrons. The molecule has 0 heterocycles. The van der Waals surface area contributed by atoms with E-state index in [9.17, 15) is 14.4 Å². The number of carbonyl (C=O) groups is 3. The van der Waals surface area contributed by atoms with E-state index >= 15 is 0 Å². The largest absolute Gasteiger partial charge is 0.462 e. The van der Waals surface area contributed by atoms with E-state index in [1.54, 1.807) is 0 Å². The van der Waals surface area contributed by atoms with Gasteiger partial charge in [-0.15, -0.1) is 0 Å². The lowest BCUT2D eigenvalue weighted by molar-refractivity contribution is -0.167. The fraction of sp³-hybridized carbons (Fsp3) is 0.941. The van der Waals surface area contributed by atoms with Gasteiger partial charge >= 0.3 is 17.9 Å². The van der Waals surface area contributed by atoms with Crippen molar-refractivity contribution in [1.29, 1.82) is 0 Å². The number of hydrogen-bond donors (Lipinski definition) is 0. The number of hydrogen-bond acceptors (Lipinski definition) is 6. The zero-order valence-electron chi connectivity index (χ0n) is 38.8. The van der Waals surface area contributed by atoms with Gasteiger partial charge in [-0.2, -0.15) is 0 Å². The van der Waals surface area contributed by atoms with Crippen molar-refractivity contribution < 1.29 is 28.6 Å². The maximum absolute atomic E-state index is 12.8. The van der Waals surface area contributed by atoms with Gasteiger partial charge in [0, 0.05) is 19.3 Å². The SMILES string of the molecule is CCCCCCCCCCCCCCCCC(=O)OC[C@H](COC(=O)CCCCCCCCCCCC(C)C)OC(=O)CCCCCCCCCCCCCCC. The van der Waals surface area contributed by atoms with E-state index in [1.807, 2.05) is 0 Å². The molecule has 0 aromatic heterocycles. The summed E-state index contributed by atoms with van der Waals surface area (Å²) in [6.45, 7) is 9.00. The molecule has 0 aliphatic rings. The quantitative estimate of drug-likeness (QED) is 0.0346. The van der Waals surface area contributed by atoms with Crippen molar-refractivity contribution in [3.8, 4) is 0 Å². The molecule has 0 saturated heterocycles. The van der Waals surface area contributed by atoms with Gasteiger partial charge in [0.05, 0.1) is 0 Å². The number of ether oxygens (including phenoxy) is 3. The number of unbranched alkanes of at least 4 members (excludes halogenated alkanes) is 33. The van der Waals surface area contributed by atoms with Crippen LogP contribution in [0.15, 0.2) is 0 Å². The smallest absolute Gasteiger partial charge is 0.306 e. The molecule has 0 aliphatic carbocycles. The highest BCUT2D eigenvalue weighted by Gasteiger charge is 2.19. The zero-order chi connectivity index (χ0) is 41.7. The van der Waals surface area contributed by atoms with Crippen LogP contribution in [0.2, 0.25) is 0 Å². The van der Waals surface area contributed by atoms with Gasteiger partial charge in [-0.05, 0) is 25.2 Å². The highest BCUT2D eigenvalue weighted by Crippen LogP contribution is 2.17. The molecule has 0 fully saturated rings. The summed E-state index contributed by atoms with van der Waals surface area (Å²) in [5, 5.41) is 0. The Balaban J connectivity index is 4.31. The second-order valence-electron chi connectivity index (χ2n) is 17.9. The first-order valence-corrected chi connectivity index (χ1v) is 25.4. The highest BCUT2D eigenvalue weighted by molar-refractivity contribution is 5.71. The third-order valence-electron chi connectivity index (χ3n) is 11.5. The molecule has 57 heavy (non-hydrogen) atoms. The Morgan fingerprint density at radius 3 is 0.860 bits per heavy atom. The Kier molecular flexibility index (Phi) is 44.2. The minimum absolute atomic E-state index is 0.0630. The summed E-state index contributed by atoms with van der Waals surface area (Å²) >= 11 is 0. The van der Waals surface area contributed by atoms with E-state index in [0.29, 0.717) is 19.3 Å². The van der Waals surface area contributed by atoms with Crippen LogP contribution in [0.25, 0.3) is 0 Å². The van der Waals surface area contributed by atoms with Crippen molar-refractivity contribution in [2.75, 3.05) is 13.2 Å². The Labute approximate surface area is 355 Å². The van der Waals surface area contributed by atoms with Gasteiger partial charge in [0.25, 0.3) is 0 Å². The van der Waals surface area contributed by atoms with Crippen LogP contribution in [0, 0.1) is 5.92 Å². The Hall–Kier alpha value is -1.59. The molecule has 0 aliphatic heterocycles. The van der Waals surface area contributed by atoms with Crippen LogP contribution < -0.4 is 0 Å². The van der Waals surface area contributed by atoms with Gasteiger partial charge in [0.2, 0.25) is 0 Å². The predicted molar refractivity (Wildman–Crippen MR) is 243 cm³/mol. The van der Waals surface area contributed by atoms with Crippen LogP contribution in [-0.4, -0.2) is 37.2 Å². The van der Waals surface area contributed by atoms with Crippen LogP contribution in [0.3, 0.4) is 0 Å². The van der Waals surface area contributed by atoms with Crippen LogP contribution in [0.4, 0.5) is 0 Å². The minimum Gasteiger partial charge on any atom is -0.462 e. The van der Waals surface area contributed by atoms with Crippen molar-refractivity contribution in [1.82, 2.24) is 0 Å². The van der Waals surface area contributed by atoms with E-state index in [0.717, 1.165) is 63.7 Å². The molecular formula is C51H98O6. The van der Waals surface area contributed by atoms with Gasteiger partial charge in [-0.3, -0.25) is 14.4 Å². The third-order valence-corrected chi connectivity index (χ3v) is 11.5. The average molecular weight is 807 g/mol. The average Bonchev–Trinajstić information content (AvgIpc) is 3.19. The van der Waals surface area contributed by atoms with Gasteiger partial charge in [-0.25, -0.2) is 0 Å². The lowest BCUT2D eigenvalue weighted by atomic mass is 10.0. The van der Waals surface area contributed by atoms with Crippen molar-refractivity contribution in [2.24, 2.45) is 5.92 Å². The van der Waals surface area contributed by atoms with Gasteiger partial charge in [0.15, 0.2) is 6.10 Å². The molecule has 1 atom stereocenters. The predicted octanol–water partition coefficient (Wildman–Crippen LogP) is 16.3. The monoisotopic (exact) mass is 807 g/mol. The Bertz CT molecular complexity index is 857. The lowest BCUT2D eigenvalue weighted by Crippen LogP contribution is -2.30. The maximum atomic E-state index is 12.8. The summed E-state index contributed by atoms with van der Waals surface area (Å²) < 4.78 is 16.8. The van der Waals surface area contributed by atoms with Gasteiger partial charge in [0.1, 0.15) is 13.2 Å². The number of rotatable bonds is 46. The number of esters is 3. The molecule has 0 unspecified atom stereocenters. The van der Waals surface area contributed by atoms with Crippen molar-refractivity contribution in [3.63, 3.8) is 0 Å². The van der Waals surface area contributed by atoms with Crippen molar-refractivity contribution in [2.45, 2.75) is 291 Å². The van der Waals surface area contributed by atoms with E-state index < -0.39 is 6.10 Å². The normalized spacial score (nSPS) is 11.9. The molecule has 0 bridgehead atoms. The van der Waals surface area contributed by atoms with E-state index in [2.05, 4.69) is 27.7 Å². The van der Waals surface area contributed by atoms with E-state index in [4.69, 9.17) is 14.2 Å². The van der Waals surface area contributed by atoms with Crippen LogP contribution >= 0.6 is 0 Å². The molecule has 0 aromatic rings. The molecule has 0 rings (SSSR count). The topological polar surface area (TPSA) is 78.9 Å². The summed E-state index contributed by atoms with van der Waals surface area (Å²) in [6, 6.07) is 0. The molecule has 6 nitrogen and oxygen atoms in total. The van der Waals surface area contributed by atoms with E-state index in [-0.39, 0.29) is 31.1 Å². The molecule has 0 amide bonds. The van der Waals surface area contributed by atoms with E-state index in [1.165, 1.54) is 180 Å². The molecule has 0 N–H and O–H groups in total. The number of carbonyl (C=O) groups excluding carboxylic acids is 3. The van der Waals surface area contributed by atoms with Crippen LogP contribution in [-0.2, 0) is 28.6 Å². The Morgan fingerprint density at radius 2 is 0.579 bits per heavy atom. The lowest BCUT2D eigenvalue weighted by Gasteiger charge is -2.18. The summed E-state index contributed by atoms with van der Waals surface area (Å²) in [6.07, 6.45) is 46.5.